The summed E-state index contributed by atoms with van der Waals surface area (Å²) >= 11 is 0. The lowest BCUT2D eigenvalue weighted by Gasteiger charge is -2.34. The van der Waals surface area contributed by atoms with Gasteiger partial charge in [0.15, 0.2) is 0 Å². The molecule has 3 rings (SSSR count). The second-order valence-electron chi connectivity index (χ2n) is 5.88. The predicted molar refractivity (Wildman–Crippen MR) is 86.1 cm³/mol. The van der Waals surface area contributed by atoms with Gasteiger partial charge >= 0.3 is 0 Å². The maximum atomic E-state index is 6.10. The van der Waals surface area contributed by atoms with Crippen molar-refractivity contribution in [3.05, 3.63) is 30.1 Å². The number of pyridine rings is 1. The number of nitrogens with zero attached hydrogens (tertiary/aromatic N) is 2. The zero-order valence-electron chi connectivity index (χ0n) is 12.4. The molecule has 0 bridgehead atoms. The summed E-state index contributed by atoms with van der Waals surface area (Å²) in [7, 11) is 0. The first-order chi connectivity index (χ1) is 9.69. The Hall–Kier alpha value is -1.77. The SMILES string of the molecule is CCN(CC1CCC1)c1ccc(N)c2cnc(C)cc12. The third kappa shape index (κ3) is 2.33. The first-order valence-electron chi connectivity index (χ1n) is 7.59. The third-order valence-electron chi connectivity index (χ3n) is 4.47. The summed E-state index contributed by atoms with van der Waals surface area (Å²) in [4.78, 5) is 6.88. The van der Waals surface area contributed by atoms with Gasteiger partial charge in [-0.05, 0) is 50.8 Å². The molecule has 2 N–H and O–H groups in total. The van der Waals surface area contributed by atoms with Crippen LogP contribution < -0.4 is 10.6 Å². The fraction of sp³-hybridized carbons (Fsp3) is 0.471. The fourth-order valence-corrected chi connectivity index (χ4v) is 3.01. The third-order valence-corrected chi connectivity index (χ3v) is 4.47. The van der Waals surface area contributed by atoms with Crippen LogP contribution in [0.25, 0.3) is 10.8 Å². The number of hydrogen-bond donors (Lipinski definition) is 1. The molecule has 20 heavy (non-hydrogen) atoms. The molecule has 1 aliphatic rings. The van der Waals surface area contributed by atoms with E-state index in [4.69, 9.17) is 5.73 Å². The fourth-order valence-electron chi connectivity index (χ4n) is 3.01. The van der Waals surface area contributed by atoms with Gasteiger partial charge in [-0.15, -0.1) is 0 Å². The molecule has 1 fully saturated rings. The van der Waals surface area contributed by atoms with Crippen molar-refractivity contribution in [1.29, 1.82) is 0 Å². The van der Waals surface area contributed by atoms with Crippen LogP contribution in [0.2, 0.25) is 0 Å². The predicted octanol–water partition coefficient (Wildman–Crippen LogP) is 3.75. The number of nitrogens with two attached hydrogens (primary N) is 1. The number of aryl methyl sites for hydroxylation is 1. The van der Waals surface area contributed by atoms with E-state index in [1.807, 2.05) is 19.2 Å². The van der Waals surface area contributed by atoms with Crippen LogP contribution in [0.5, 0.6) is 0 Å². The number of fused-ring (bicyclic) bond motifs is 1. The monoisotopic (exact) mass is 269 g/mol. The summed E-state index contributed by atoms with van der Waals surface area (Å²) in [6, 6.07) is 6.34. The van der Waals surface area contributed by atoms with Gasteiger partial charge in [-0.3, -0.25) is 4.98 Å². The van der Waals surface area contributed by atoms with Gasteiger partial charge in [-0.1, -0.05) is 6.42 Å². The molecule has 0 radical (unpaired) electrons. The van der Waals surface area contributed by atoms with E-state index in [0.717, 1.165) is 35.8 Å². The van der Waals surface area contributed by atoms with Crippen molar-refractivity contribution in [2.24, 2.45) is 5.92 Å². The average molecular weight is 269 g/mol. The van der Waals surface area contributed by atoms with Gasteiger partial charge in [-0.25, -0.2) is 0 Å². The zero-order valence-corrected chi connectivity index (χ0v) is 12.4. The molecule has 0 spiro atoms. The van der Waals surface area contributed by atoms with Crippen LogP contribution in [0.4, 0.5) is 11.4 Å². The number of rotatable bonds is 4. The maximum Gasteiger partial charge on any atom is 0.0448 e. The van der Waals surface area contributed by atoms with Crippen molar-refractivity contribution in [2.75, 3.05) is 23.7 Å². The molecule has 1 heterocycles. The van der Waals surface area contributed by atoms with Crippen LogP contribution in [0.3, 0.4) is 0 Å². The van der Waals surface area contributed by atoms with Gasteiger partial charge in [0.05, 0.1) is 0 Å². The van der Waals surface area contributed by atoms with E-state index in [2.05, 4.69) is 28.9 Å². The quantitative estimate of drug-likeness (QED) is 0.859. The number of benzene rings is 1. The number of hydrogen-bond acceptors (Lipinski definition) is 3. The summed E-state index contributed by atoms with van der Waals surface area (Å²) in [6.45, 7) is 6.47. The van der Waals surface area contributed by atoms with Crippen LogP contribution in [-0.4, -0.2) is 18.1 Å². The Morgan fingerprint density at radius 1 is 1.30 bits per heavy atom. The molecule has 1 aliphatic carbocycles. The molecule has 106 valence electrons. The van der Waals surface area contributed by atoms with Crippen LogP contribution in [0, 0.1) is 12.8 Å². The van der Waals surface area contributed by atoms with Gasteiger partial charge in [0.2, 0.25) is 0 Å². The molecule has 1 aromatic carbocycles. The highest BCUT2D eigenvalue weighted by atomic mass is 15.1. The molecule has 3 nitrogen and oxygen atoms in total. The minimum Gasteiger partial charge on any atom is -0.398 e. The molecular formula is C17H23N3. The summed E-state index contributed by atoms with van der Waals surface area (Å²) in [5.41, 5.74) is 9.26. The minimum absolute atomic E-state index is 0.816. The average Bonchev–Trinajstić information content (AvgIpc) is 2.39. The van der Waals surface area contributed by atoms with Crippen LogP contribution in [-0.2, 0) is 0 Å². The summed E-state index contributed by atoms with van der Waals surface area (Å²) in [5, 5.41) is 2.30. The van der Waals surface area contributed by atoms with Gasteiger partial charge < -0.3 is 10.6 Å². The largest absolute Gasteiger partial charge is 0.398 e. The lowest BCUT2D eigenvalue weighted by Crippen LogP contribution is -2.32. The molecular weight excluding hydrogens is 246 g/mol. The van der Waals surface area contributed by atoms with Crippen molar-refractivity contribution in [2.45, 2.75) is 33.1 Å². The Balaban J connectivity index is 2.04. The van der Waals surface area contributed by atoms with Crippen molar-refractivity contribution >= 4 is 22.1 Å². The van der Waals surface area contributed by atoms with E-state index in [1.54, 1.807) is 0 Å². The Labute approximate surface area is 120 Å². The van der Waals surface area contributed by atoms with Crippen LogP contribution >= 0.6 is 0 Å². The van der Waals surface area contributed by atoms with Crippen molar-refractivity contribution in [3.8, 4) is 0 Å². The van der Waals surface area contributed by atoms with E-state index in [1.165, 1.54) is 30.3 Å². The number of nitrogen functional groups attached to an aromatic ring is 1. The first-order valence-corrected chi connectivity index (χ1v) is 7.59. The Bertz CT molecular complexity index is 617. The van der Waals surface area contributed by atoms with Crippen molar-refractivity contribution in [1.82, 2.24) is 4.98 Å². The smallest absolute Gasteiger partial charge is 0.0448 e. The standard InChI is InChI=1S/C17H23N3/c1-3-20(11-13-5-4-6-13)17-8-7-16(18)15-10-19-12(2)9-14(15)17/h7-10,13H,3-6,11,18H2,1-2H3. The Kier molecular flexibility index (Phi) is 3.51. The highest BCUT2D eigenvalue weighted by Gasteiger charge is 2.21. The molecule has 0 amide bonds. The summed E-state index contributed by atoms with van der Waals surface area (Å²) in [5.74, 6) is 0.866. The molecule has 0 atom stereocenters. The van der Waals surface area contributed by atoms with Gasteiger partial charge in [0.25, 0.3) is 0 Å². The molecule has 2 aromatic rings. The maximum absolute atomic E-state index is 6.10. The van der Waals surface area contributed by atoms with Crippen molar-refractivity contribution < 1.29 is 0 Å². The van der Waals surface area contributed by atoms with Crippen LogP contribution in [0.1, 0.15) is 31.9 Å². The van der Waals surface area contributed by atoms with Crippen LogP contribution in [0.15, 0.2) is 24.4 Å². The first kappa shape index (κ1) is 13.2. The molecule has 0 aliphatic heterocycles. The van der Waals surface area contributed by atoms with Crippen molar-refractivity contribution in [3.63, 3.8) is 0 Å². The van der Waals surface area contributed by atoms with Gasteiger partial charge in [0.1, 0.15) is 0 Å². The molecule has 1 aromatic heterocycles. The minimum atomic E-state index is 0.816. The number of anilines is 2. The molecule has 1 saturated carbocycles. The van der Waals surface area contributed by atoms with E-state index in [9.17, 15) is 0 Å². The summed E-state index contributed by atoms with van der Waals surface area (Å²) < 4.78 is 0. The molecule has 3 heteroatoms. The lowest BCUT2D eigenvalue weighted by molar-refractivity contribution is 0.319. The van der Waals surface area contributed by atoms with Gasteiger partial charge in [0, 0.05) is 47.1 Å². The highest BCUT2D eigenvalue weighted by Crippen LogP contribution is 2.34. The van der Waals surface area contributed by atoms with E-state index < -0.39 is 0 Å². The Morgan fingerprint density at radius 3 is 2.75 bits per heavy atom. The second-order valence-corrected chi connectivity index (χ2v) is 5.88. The molecule has 0 unspecified atom stereocenters. The second kappa shape index (κ2) is 5.31. The topological polar surface area (TPSA) is 42.1 Å². The normalized spacial score (nSPS) is 15.3. The zero-order chi connectivity index (χ0) is 14.1. The van der Waals surface area contributed by atoms with E-state index in [0.29, 0.717) is 0 Å². The number of aromatic nitrogens is 1. The van der Waals surface area contributed by atoms with E-state index >= 15 is 0 Å². The van der Waals surface area contributed by atoms with Gasteiger partial charge in [-0.2, -0.15) is 0 Å². The van der Waals surface area contributed by atoms with E-state index in [-0.39, 0.29) is 0 Å². The summed E-state index contributed by atoms with van der Waals surface area (Å²) in [6.07, 6.45) is 6.06. The lowest BCUT2D eigenvalue weighted by atomic mass is 9.85. The highest BCUT2D eigenvalue weighted by molar-refractivity contribution is 6.01. The Morgan fingerprint density at radius 2 is 2.10 bits per heavy atom. The molecule has 0 saturated heterocycles.